The normalized spacial score (nSPS) is 15.8. The fourth-order valence-corrected chi connectivity index (χ4v) is 4.31. The summed E-state index contributed by atoms with van der Waals surface area (Å²) in [5, 5.41) is 3.01. The summed E-state index contributed by atoms with van der Waals surface area (Å²) in [6, 6.07) is 7.85. The van der Waals surface area contributed by atoms with Crippen molar-refractivity contribution in [1.29, 1.82) is 0 Å². The molecule has 120 valence electrons. The van der Waals surface area contributed by atoms with Gasteiger partial charge in [0.1, 0.15) is 13.2 Å². The van der Waals surface area contributed by atoms with E-state index in [-0.39, 0.29) is 5.91 Å². The number of carbonyl (C=O) groups excluding carboxylic acids is 1. The van der Waals surface area contributed by atoms with Crippen molar-refractivity contribution in [2.45, 2.75) is 32.2 Å². The minimum Gasteiger partial charge on any atom is -0.486 e. The number of fused-ring (bicyclic) bond motifs is 2. The minimum absolute atomic E-state index is 0.00118. The maximum Gasteiger partial charge on any atom is 0.261 e. The molecule has 1 aliphatic heterocycles. The van der Waals surface area contributed by atoms with Crippen molar-refractivity contribution in [2.24, 2.45) is 0 Å². The largest absolute Gasteiger partial charge is 0.486 e. The van der Waals surface area contributed by atoms with Gasteiger partial charge in [-0.25, -0.2) is 0 Å². The van der Waals surface area contributed by atoms with Crippen LogP contribution >= 0.6 is 11.3 Å². The summed E-state index contributed by atoms with van der Waals surface area (Å²) >= 11 is 1.64. The van der Waals surface area contributed by atoms with E-state index < -0.39 is 0 Å². The number of ether oxygens (including phenoxy) is 2. The van der Waals surface area contributed by atoms with E-state index in [1.807, 2.05) is 18.2 Å². The summed E-state index contributed by atoms with van der Waals surface area (Å²) < 4.78 is 11.3. The van der Waals surface area contributed by atoms with Crippen LogP contribution in [0.1, 0.15) is 38.5 Å². The van der Waals surface area contributed by atoms with Crippen LogP contribution in [0.2, 0.25) is 0 Å². The third kappa shape index (κ3) is 2.93. The van der Waals surface area contributed by atoms with Crippen LogP contribution in [-0.2, 0) is 19.4 Å². The van der Waals surface area contributed by atoms with Gasteiger partial charge >= 0.3 is 0 Å². The lowest BCUT2D eigenvalue weighted by Gasteiger charge is -2.21. The summed E-state index contributed by atoms with van der Waals surface area (Å²) in [6.07, 6.45) is 4.70. The highest BCUT2D eigenvalue weighted by Crippen LogP contribution is 2.34. The van der Waals surface area contributed by atoms with E-state index in [2.05, 4.69) is 11.4 Å². The van der Waals surface area contributed by atoms with Crippen molar-refractivity contribution in [3.63, 3.8) is 0 Å². The molecule has 2 heterocycles. The van der Waals surface area contributed by atoms with Gasteiger partial charge in [-0.3, -0.25) is 4.79 Å². The molecule has 0 atom stereocenters. The van der Waals surface area contributed by atoms with Crippen molar-refractivity contribution in [3.05, 3.63) is 45.1 Å². The average Bonchev–Trinajstić information content (AvgIpc) is 3.04. The zero-order valence-corrected chi connectivity index (χ0v) is 13.7. The van der Waals surface area contributed by atoms with E-state index >= 15 is 0 Å². The number of thiophene rings is 1. The molecule has 0 spiro atoms. The first kappa shape index (κ1) is 14.6. The molecule has 1 aromatic carbocycles. The van der Waals surface area contributed by atoms with Gasteiger partial charge in [0, 0.05) is 17.0 Å². The third-order valence-corrected chi connectivity index (χ3v) is 5.54. The molecule has 1 amide bonds. The van der Waals surface area contributed by atoms with E-state index in [4.69, 9.17) is 9.47 Å². The highest BCUT2D eigenvalue weighted by molar-refractivity contribution is 7.14. The molecule has 5 heteroatoms. The zero-order chi connectivity index (χ0) is 15.6. The van der Waals surface area contributed by atoms with Crippen LogP contribution in [0.5, 0.6) is 11.5 Å². The summed E-state index contributed by atoms with van der Waals surface area (Å²) in [4.78, 5) is 14.6. The van der Waals surface area contributed by atoms with Crippen LogP contribution in [-0.4, -0.2) is 19.1 Å². The van der Waals surface area contributed by atoms with Crippen molar-refractivity contribution in [3.8, 4) is 11.5 Å². The fraction of sp³-hybridized carbons (Fsp3) is 0.389. The molecule has 2 aliphatic rings. The molecular formula is C18H19NO3S. The Hall–Kier alpha value is -2.01. The van der Waals surface area contributed by atoms with Crippen LogP contribution in [0.4, 0.5) is 0 Å². The Kier molecular flexibility index (Phi) is 3.95. The SMILES string of the molecule is O=C(NCc1cccc2c1OCCO2)c1cc2c(s1)CCCC2. The summed E-state index contributed by atoms with van der Waals surface area (Å²) in [7, 11) is 0. The van der Waals surface area contributed by atoms with Crippen molar-refractivity contribution in [2.75, 3.05) is 13.2 Å². The predicted molar refractivity (Wildman–Crippen MR) is 89.6 cm³/mol. The first-order chi connectivity index (χ1) is 11.3. The molecule has 1 aromatic heterocycles. The first-order valence-corrected chi connectivity index (χ1v) is 8.90. The van der Waals surface area contributed by atoms with Crippen LogP contribution < -0.4 is 14.8 Å². The Morgan fingerprint density at radius 3 is 2.96 bits per heavy atom. The first-order valence-electron chi connectivity index (χ1n) is 8.08. The number of aryl methyl sites for hydroxylation is 2. The predicted octanol–water partition coefficient (Wildman–Crippen LogP) is 3.33. The molecule has 0 unspecified atom stereocenters. The van der Waals surface area contributed by atoms with Crippen LogP contribution in [0.3, 0.4) is 0 Å². The maximum atomic E-state index is 12.4. The monoisotopic (exact) mass is 329 g/mol. The molecule has 1 N–H and O–H groups in total. The molecule has 4 nitrogen and oxygen atoms in total. The van der Waals surface area contributed by atoms with Crippen molar-refractivity contribution < 1.29 is 14.3 Å². The van der Waals surface area contributed by atoms with Crippen LogP contribution in [0.15, 0.2) is 24.3 Å². The second-order valence-corrected chi connectivity index (χ2v) is 7.03. The van der Waals surface area contributed by atoms with Gasteiger partial charge in [0.15, 0.2) is 11.5 Å². The van der Waals surface area contributed by atoms with Crippen molar-refractivity contribution in [1.82, 2.24) is 5.32 Å². The Labute approximate surface area is 139 Å². The fourth-order valence-electron chi connectivity index (χ4n) is 3.14. The second kappa shape index (κ2) is 6.24. The molecular weight excluding hydrogens is 310 g/mol. The van der Waals surface area contributed by atoms with Gasteiger partial charge in [0.2, 0.25) is 0 Å². The standard InChI is InChI=1S/C18H19NO3S/c20-18(16-10-12-4-1-2-7-15(12)23-16)19-11-13-5-3-6-14-17(13)22-9-8-21-14/h3,5-6,10H,1-2,4,7-9,11H2,(H,19,20). The molecule has 23 heavy (non-hydrogen) atoms. The number of benzene rings is 1. The smallest absolute Gasteiger partial charge is 0.261 e. The molecule has 0 radical (unpaired) electrons. The lowest BCUT2D eigenvalue weighted by atomic mass is 9.99. The number of amides is 1. The average molecular weight is 329 g/mol. The summed E-state index contributed by atoms with van der Waals surface area (Å²) in [6.45, 7) is 1.58. The third-order valence-electron chi connectivity index (χ3n) is 4.31. The van der Waals surface area contributed by atoms with Gasteiger partial charge < -0.3 is 14.8 Å². The van der Waals surface area contributed by atoms with Gasteiger partial charge in [-0.1, -0.05) is 12.1 Å². The Morgan fingerprint density at radius 1 is 1.17 bits per heavy atom. The Bertz CT molecular complexity index is 714. The van der Waals surface area contributed by atoms with E-state index in [0.717, 1.165) is 34.8 Å². The zero-order valence-electron chi connectivity index (χ0n) is 12.9. The lowest BCUT2D eigenvalue weighted by Crippen LogP contribution is -2.23. The lowest BCUT2D eigenvalue weighted by molar-refractivity contribution is 0.0954. The van der Waals surface area contributed by atoms with E-state index in [1.165, 1.54) is 23.3 Å². The molecule has 1 aliphatic carbocycles. The number of carbonyl (C=O) groups is 1. The molecule has 4 rings (SSSR count). The van der Waals surface area contributed by atoms with Gasteiger partial charge in [0.25, 0.3) is 5.91 Å². The Morgan fingerprint density at radius 2 is 2.04 bits per heavy atom. The quantitative estimate of drug-likeness (QED) is 0.939. The summed E-state index contributed by atoms with van der Waals surface area (Å²) in [5.74, 6) is 1.51. The highest BCUT2D eigenvalue weighted by atomic mass is 32.1. The number of nitrogens with one attached hydrogen (secondary N) is 1. The maximum absolute atomic E-state index is 12.4. The van der Waals surface area contributed by atoms with Gasteiger partial charge in [-0.15, -0.1) is 11.3 Å². The topological polar surface area (TPSA) is 47.6 Å². The Balaban J connectivity index is 1.47. The van der Waals surface area contributed by atoms with Gasteiger partial charge in [-0.05, 0) is 43.4 Å². The molecule has 0 fully saturated rings. The number of rotatable bonds is 3. The van der Waals surface area contributed by atoms with Crippen LogP contribution in [0.25, 0.3) is 0 Å². The molecule has 0 bridgehead atoms. The summed E-state index contributed by atoms with van der Waals surface area (Å²) in [5.41, 5.74) is 2.32. The highest BCUT2D eigenvalue weighted by Gasteiger charge is 2.19. The second-order valence-electron chi connectivity index (χ2n) is 5.89. The van der Waals surface area contributed by atoms with Gasteiger partial charge in [0.05, 0.1) is 4.88 Å². The number of hydrogen-bond donors (Lipinski definition) is 1. The van der Waals surface area contributed by atoms with Crippen LogP contribution in [0, 0.1) is 0 Å². The van der Waals surface area contributed by atoms with E-state index in [1.54, 1.807) is 11.3 Å². The molecule has 0 saturated heterocycles. The molecule has 2 aromatic rings. The van der Waals surface area contributed by atoms with Gasteiger partial charge in [-0.2, -0.15) is 0 Å². The van der Waals surface area contributed by atoms with E-state index in [9.17, 15) is 4.79 Å². The number of hydrogen-bond acceptors (Lipinski definition) is 4. The molecule has 0 saturated carbocycles. The van der Waals surface area contributed by atoms with E-state index in [0.29, 0.717) is 19.8 Å². The number of para-hydroxylation sites is 1. The van der Waals surface area contributed by atoms with Crippen molar-refractivity contribution >= 4 is 17.2 Å². The minimum atomic E-state index is -0.00118.